The van der Waals surface area contributed by atoms with Crippen LogP contribution in [-0.4, -0.2) is 38.6 Å². The number of aromatic nitrogens is 2. The Morgan fingerprint density at radius 1 is 1.62 bits per heavy atom. The number of nitrogens with zero attached hydrogens (tertiary/aromatic N) is 2. The third-order valence-electron chi connectivity index (χ3n) is 3.93. The molecule has 1 aromatic heterocycles. The second-order valence-corrected chi connectivity index (χ2v) is 4.59. The second kappa shape index (κ2) is 2.37. The van der Waals surface area contributed by atoms with E-state index in [9.17, 15) is 9.90 Å². The number of hydrogen-bond donors (Lipinski definition) is 2. The highest BCUT2D eigenvalue weighted by atomic mass is 16.6. The average molecular weight is 222 g/mol. The molecular weight excluding hydrogens is 212 g/mol. The van der Waals surface area contributed by atoms with Crippen LogP contribution in [0.5, 0.6) is 0 Å². The van der Waals surface area contributed by atoms with E-state index in [0.717, 1.165) is 0 Å². The van der Waals surface area contributed by atoms with Gasteiger partial charge in [-0.25, -0.2) is 0 Å². The maximum Gasteiger partial charge on any atom is 0.272 e. The number of fused-ring (bicyclic) bond motifs is 3. The third kappa shape index (κ3) is 0.685. The minimum Gasteiger partial charge on any atom is -0.394 e. The van der Waals surface area contributed by atoms with Gasteiger partial charge in [0.15, 0.2) is 5.60 Å². The first-order valence-electron chi connectivity index (χ1n) is 5.26. The minimum atomic E-state index is -0.674. The summed E-state index contributed by atoms with van der Waals surface area (Å²) >= 11 is 0. The van der Waals surface area contributed by atoms with Crippen LogP contribution in [0.2, 0.25) is 0 Å². The molecule has 0 bridgehead atoms. The van der Waals surface area contributed by atoms with Crippen LogP contribution in [-0.2, 0) is 10.3 Å². The van der Waals surface area contributed by atoms with Crippen molar-refractivity contribution in [3.8, 4) is 0 Å². The van der Waals surface area contributed by atoms with Crippen molar-refractivity contribution in [2.24, 2.45) is 5.92 Å². The van der Waals surface area contributed by atoms with E-state index in [4.69, 9.17) is 9.84 Å². The zero-order chi connectivity index (χ0) is 11.1. The van der Waals surface area contributed by atoms with Gasteiger partial charge in [-0.3, -0.25) is 4.79 Å². The van der Waals surface area contributed by atoms with Crippen molar-refractivity contribution >= 4 is 0 Å². The molecule has 0 radical (unpaired) electrons. The van der Waals surface area contributed by atoms with Crippen LogP contribution < -0.4 is 5.56 Å². The van der Waals surface area contributed by atoms with E-state index in [1.54, 1.807) is 6.20 Å². The lowest BCUT2D eigenvalue weighted by atomic mass is 10.1. The molecule has 1 saturated carbocycles. The van der Waals surface area contributed by atoms with Crippen molar-refractivity contribution in [3.05, 3.63) is 28.4 Å². The molecule has 3 aliphatic rings. The van der Waals surface area contributed by atoms with E-state index >= 15 is 0 Å². The van der Waals surface area contributed by atoms with E-state index in [1.165, 1.54) is 6.07 Å². The smallest absolute Gasteiger partial charge is 0.272 e. The maximum absolute atomic E-state index is 11.2. The fraction of sp³-hybridized carbons (Fsp3) is 0.600. The van der Waals surface area contributed by atoms with Gasteiger partial charge >= 0.3 is 0 Å². The number of hydrogen-bond acceptors (Lipinski definition) is 5. The number of rotatable bonds is 1. The zero-order valence-corrected chi connectivity index (χ0v) is 8.28. The summed E-state index contributed by atoms with van der Waals surface area (Å²) in [5, 5.41) is 18.9. The quantitative estimate of drug-likeness (QED) is 0.596. The molecule has 1 saturated heterocycles. The van der Waals surface area contributed by atoms with E-state index in [-0.39, 0.29) is 24.1 Å². The number of ether oxygens (including phenoxy) is 1. The van der Waals surface area contributed by atoms with Gasteiger partial charge < -0.3 is 19.5 Å². The summed E-state index contributed by atoms with van der Waals surface area (Å²) < 4.78 is 7.51. The SMILES string of the molecule is O=c1ccn2c(n1)C13O[C@@H](CO)C(O)C1[C@@H]23. The van der Waals surface area contributed by atoms with Crippen molar-refractivity contribution in [3.63, 3.8) is 0 Å². The van der Waals surface area contributed by atoms with Gasteiger partial charge in [0, 0.05) is 12.3 Å². The Balaban J connectivity index is 1.81. The molecule has 0 amide bonds. The minimum absolute atomic E-state index is 0.0565. The topological polar surface area (TPSA) is 84.6 Å². The van der Waals surface area contributed by atoms with Crippen LogP contribution in [0, 0.1) is 5.92 Å². The molecule has 1 aromatic rings. The van der Waals surface area contributed by atoms with Crippen molar-refractivity contribution in [1.29, 1.82) is 0 Å². The lowest BCUT2D eigenvalue weighted by Crippen LogP contribution is -2.39. The first-order valence-corrected chi connectivity index (χ1v) is 5.26. The van der Waals surface area contributed by atoms with Gasteiger partial charge in [0.2, 0.25) is 0 Å². The normalized spacial score (nSPS) is 46.6. The molecule has 6 heteroatoms. The van der Waals surface area contributed by atoms with Gasteiger partial charge in [0.25, 0.3) is 5.56 Å². The Morgan fingerprint density at radius 3 is 3.19 bits per heavy atom. The fourth-order valence-electron chi connectivity index (χ4n) is 3.23. The van der Waals surface area contributed by atoms with Crippen LogP contribution in [0.1, 0.15) is 11.9 Å². The molecule has 2 N–H and O–H groups in total. The van der Waals surface area contributed by atoms with Crippen molar-refractivity contribution in [2.75, 3.05) is 6.61 Å². The van der Waals surface area contributed by atoms with Crippen LogP contribution in [0.4, 0.5) is 0 Å². The number of aliphatic hydroxyl groups excluding tert-OH is 2. The van der Waals surface area contributed by atoms with Gasteiger partial charge in [-0.1, -0.05) is 0 Å². The van der Waals surface area contributed by atoms with Crippen molar-refractivity contribution in [1.82, 2.24) is 9.55 Å². The van der Waals surface area contributed by atoms with Gasteiger partial charge in [-0.05, 0) is 0 Å². The van der Waals surface area contributed by atoms with E-state index in [0.29, 0.717) is 5.82 Å². The predicted molar refractivity (Wildman–Crippen MR) is 50.7 cm³/mol. The first kappa shape index (κ1) is 8.86. The van der Waals surface area contributed by atoms with Gasteiger partial charge in [0.05, 0.1) is 24.7 Å². The van der Waals surface area contributed by atoms with Crippen LogP contribution in [0.15, 0.2) is 17.1 Å². The molecule has 84 valence electrons. The van der Waals surface area contributed by atoms with Crippen LogP contribution in [0.25, 0.3) is 0 Å². The Bertz CT molecular complexity index is 542. The summed E-state index contributed by atoms with van der Waals surface area (Å²) in [5.74, 6) is 0.531. The van der Waals surface area contributed by atoms with Crippen molar-refractivity contribution < 1.29 is 14.9 Å². The summed E-state index contributed by atoms with van der Waals surface area (Å²) in [6.45, 7) is -0.205. The monoisotopic (exact) mass is 222 g/mol. The molecule has 1 spiro atoms. The Labute approximate surface area is 90.1 Å². The summed E-state index contributed by atoms with van der Waals surface area (Å²) in [7, 11) is 0. The highest BCUT2D eigenvalue weighted by molar-refractivity contribution is 5.40. The molecular formula is C10H10N2O4. The summed E-state index contributed by atoms with van der Waals surface area (Å²) in [6, 6.07) is 1.49. The lowest BCUT2D eigenvalue weighted by molar-refractivity contribution is -0.0921. The second-order valence-electron chi connectivity index (χ2n) is 4.59. The van der Waals surface area contributed by atoms with Gasteiger partial charge in [-0.15, -0.1) is 0 Å². The molecule has 2 aliphatic heterocycles. The third-order valence-corrected chi connectivity index (χ3v) is 3.93. The van der Waals surface area contributed by atoms with Crippen LogP contribution in [0.3, 0.4) is 0 Å². The zero-order valence-electron chi connectivity index (χ0n) is 8.28. The van der Waals surface area contributed by atoms with E-state index < -0.39 is 17.8 Å². The maximum atomic E-state index is 11.2. The molecule has 2 fully saturated rings. The van der Waals surface area contributed by atoms with E-state index in [1.807, 2.05) is 4.57 Å². The van der Waals surface area contributed by atoms with Gasteiger partial charge in [0.1, 0.15) is 11.9 Å². The Morgan fingerprint density at radius 2 is 2.44 bits per heavy atom. The standard InChI is InChI=1S/C10H10N2O4/c13-3-4-7(15)6-8-10(6,16-4)9-11-5(14)1-2-12(8)9/h1-2,4,6-8,13,15H,3H2/t4-,6?,7?,8+,10?/m0/s1. The Hall–Kier alpha value is -1.24. The molecule has 3 unspecified atom stereocenters. The summed E-state index contributed by atoms with van der Waals surface area (Å²) in [4.78, 5) is 15.1. The molecule has 6 nitrogen and oxygen atoms in total. The molecule has 5 atom stereocenters. The van der Waals surface area contributed by atoms with Crippen LogP contribution >= 0.6 is 0 Å². The highest BCUT2D eigenvalue weighted by Crippen LogP contribution is 2.75. The largest absolute Gasteiger partial charge is 0.394 e. The molecule has 4 rings (SSSR count). The average Bonchev–Trinajstić information content (AvgIpc) is 2.74. The highest BCUT2D eigenvalue weighted by Gasteiger charge is 2.84. The predicted octanol–water partition coefficient (Wildman–Crippen LogP) is -1.62. The van der Waals surface area contributed by atoms with E-state index in [2.05, 4.69) is 4.98 Å². The molecule has 1 aliphatic carbocycles. The summed E-state index contributed by atoms with van der Waals surface area (Å²) in [6.07, 6.45) is 0.460. The Kier molecular flexibility index (Phi) is 1.31. The number of aliphatic hydroxyl groups is 2. The molecule has 0 aromatic carbocycles. The summed E-state index contributed by atoms with van der Waals surface area (Å²) in [5.41, 5.74) is -0.886. The van der Waals surface area contributed by atoms with Gasteiger partial charge in [-0.2, -0.15) is 4.98 Å². The lowest BCUT2D eigenvalue weighted by Gasteiger charge is -2.31. The molecule has 16 heavy (non-hydrogen) atoms. The fourth-order valence-corrected chi connectivity index (χ4v) is 3.23. The molecule has 3 heterocycles. The van der Waals surface area contributed by atoms with Crippen molar-refractivity contribution in [2.45, 2.75) is 23.9 Å². The first-order chi connectivity index (χ1) is 7.70.